The van der Waals surface area contributed by atoms with E-state index < -0.39 is 24.1 Å². The summed E-state index contributed by atoms with van der Waals surface area (Å²) in [4.78, 5) is 24.2. The summed E-state index contributed by atoms with van der Waals surface area (Å²) in [7, 11) is 1.67. The Balaban J connectivity index is 2.14. The smallest absolute Gasteiger partial charge is 0.408 e. The first-order valence-corrected chi connectivity index (χ1v) is 11.0. The number of hydrogen-bond donors (Lipinski definition) is 2. The summed E-state index contributed by atoms with van der Waals surface area (Å²) < 4.78 is 17.6. The number of alkyl carbamates (subject to hydrolysis) is 1. The number of nitrogens with two attached hydrogens (primary N) is 1. The number of methoxy groups -OCH3 is 1. The SMILES string of the molecule is CO[C@H]1[C@H](C(C)(C)CCC=C(C)C)C2(CC[C@H]1OC(=O)NC(C(N)=O)C(C)C)CO2. The minimum atomic E-state index is -0.767. The van der Waals surface area contributed by atoms with Gasteiger partial charge in [0.2, 0.25) is 5.91 Å². The second kappa shape index (κ2) is 9.69. The van der Waals surface area contributed by atoms with E-state index in [0.29, 0.717) is 6.42 Å². The minimum Gasteiger partial charge on any atom is -0.443 e. The summed E-state index contributed by atoms with van der Waals surface area (Å²) >= 11 is 0. The van der Waals surface area contributed by atoms with Gasteiger partial charge in [0.05, 0.1) is 12.2 Å². The van der Waals surface area contributed by atoms with Crippen LogP contribution < -0.4 is 11.1 Å². The van der Waals surface area contributed by atoms with E-state index >= 15 is 0 Å². The third-order valence-electron chi connectivity index (χ3n) is 6.59. The molecule has 30 heavy (non-hydrogen) atoms. The Kier molecular flexibility index (Phi) is 7.97. The number of primary amides is 1. The summed E-state index contributed by atoms with van der Waals surface area (Å²) in [5.41, 5.74) is 6.46. The van der Waals surface area contributed by atoms with Gasteiger partial charge in [-0.3, -0.25) is 4.79 Å². The molecule has 0 bridgehead atoms. The fourth-order valence-corrected chi connectivity index (χ4v) is 4.96. The van der Waals surface area contributed by atoms with Crippen molar-refractivity contribution in [2.75, 3.05) is 13.7 Å². The highest BCUT2D eigenvalue weighted by molar-refractivity contribution is 5.84. The van der Waals surface area contributed by atoms with Crippen molar-refractivity contribution in [1.29, 1.82) is 0 Å². The van der Waals surface area contributed by atoms with Crippen molar-refractivity contribution in [3.63, 3.8) is 0 Å². The average molecular weight is 425 g/mol. The largest absolute Gasteiger partial charge is 0.443 e. The van der Waals surface area contributed by atoms with E-state index in [1.807, 2.05) is 13.8 Å². The van der Waals surface area contributed by atoms with E-state index in [1.165, 1.54) is 5.57 Å². The Bertz CT molecular complexity index is 650. The van der Waals surface area contributed by atoms with Gasteiger partial charge in [-0.05, 0) is 50.9 Å². The van der Waals surface area contributed by atoms with Crippen molar-refractivity contribution in [2.24, 2.45) is 23.0 Å². The topological polar surface area (TPSA) is 103 Å². The third-order valence-corrected chi connectivity index (χ3v) is 6.59. The van der Waals surface area contributed by atoms with Gasteiger partial charge in [0.15, 0.2) is 0 Å². The van der Waals surface area contributed by atoms with Gasteiger partial charge in [-0.2, -0.15) is 0 Å². The first-order chi connectivity index (χ1) is 13.9. The summed E-state index contributed by atoms with van der Waals surface area (Å²) in [6.07, 6.45) is 4.40. The van der Waals surface area contributed by atoms with Crippen LogP contribution in [-0.2, 0) is 19.0 Å². The van der Waals surface area contributed by atoms with Gasteiger partial charge in [-0.25, -0.2) is 4.79 Å². The highest BCUT2D eigenvalue weighted by atomic mass is 16.6. The molecule has 1 heterocycles. The van der Waals surface area contributed by atoms with Crippen LogP contribution in [0.2, 0.25) is 0 Å². The molecule has 1 aliphatic heterocycles. The molecule has 7 heteroatoms. The molecule has 1 saturated heterocycles. The Morgan fingerprint density at radius 2 is 1.97 bits per heavy atom. The normalized spacial score (nSPS) is 29.4. The molecule has 0 aromatic rings. The number of carbonyl (C=O) groups excluding carboxylic acids is 2. The van der Waals surface area contributed by atoms with Crippen molar-refractivity contribution in [2.45, 2.75) is 91.1 Å². The van der Waals surface area contributed by atoms with E-state index in [2.05, 4.69) is 39.1 Å². The first kappa shape index (κ1) is 24.7. The van der Waals surface area contributed by atoms with Crippen LogP contribution in [0.1, 0.15) is 67.2 Å². The predicted octanol–water partition coefficient (Wildman–Crippen LogP) is 3.56. The summed E-state index contributed by atoms with van der Waals surface area (Å²) in [5.74, 6) is -0.592. The summed E-state index contributed by atoms with van der Waals surface area (Å²) in [5, 5.41) is 2.61. The van der Waals surface area contributed by atoms with Gasteiger partial charge in [0.1, 0.15) is 18.2 Å². The molecule has 2 aliphatic rings. The quantitative estimate of drug-likeness (QED) is 0.435. The molecule has 3 N–H and O–H groups in total. The van der Waals surface area contributed by atoms with E-state index in [9.17, 15) is 9.59 Å². The fraction of sp³-hybridized carbons (Fsp3) is 0.826. The zero-order valence-electron chi connectivity index (χ0n) is 19.6. The van der Waals surface area contributed by atoms with E-state index in [1.54, 1.807) is 7.11 Å². The molecule has 172 valence electrons. The lowest BCUT2D eigenvalue weighted by Gasteiger charge is -2.48. The van der Waals surface area contributed by atoms with Gasteiger partial charge in [-0.1, -0.05) is 39.3 Å². The molecular formula is C23H40N2O5. The lowest BCUT2D eigenvalue weighted by molar-refractivity contribution is -0.134. The Morgan fingerprint density at radius 1 is 1.33 bits per heavy atom. The number of nitrogens with one attached hydrogen (secondary N) is 1. The zero-order chi connectivity index (χ0) is 22.7. The number of rotatable bonds is 9. The molecule has 5 atom stereocenters. The molecule has 2 amide bonds. The molecule has 1 saturated carbocycles. The zero-order valence-corrected chi connectivity index (χ0v) is 19.6. The number of carbonyl (C=O) groups is 2. The van der Waals surface area contributed by atoms with Crippen molar-refractivity contribution in [3.8, 4) is 0 Å². The molecular weight excluding hydrogens is 384 g/mol. The van der Waals surface area contributed by atoms with Gasteiger partial charge in [0.25, 0.3) is 0 Å². The molecule has 0 aromatic heterocycles. The lowest BCUT2D eigenvalue weighted by atomic mass is 9.61. The number of allylic oxidation sites excluding steroid dienone is 2. The van der Waals surface area contributed by atoms with Crippen LogP contribution >= 0.6 is 0 Å². The van der Waals surface area contributed by atoms with Gasteiger partial charge >= 0.3 is 6.09 Å². The van der Waals surface area contributed by atoms with Crippen LogP contribution in [0, 0.1) is 17.3 Å². The maximum Gasteiger partial charge on any atom is 0.408 e. The number of amides is 2. The standard InChI is InChI=1S/C23H40N2O5/c1-14(2)9-8-11-22(5,6)19-18(28-7)16(10-12-23(19)13-29-23)30-21(27)25-17(15(3)4)20(24)26/h9,15-19H,8,10-13H2,1-7H3,(H2,24,26)(H,25,27)/t16-,17?,18-,19-,23?/m1/s1. The minimum absolute atomic E-state index is 0.0602. The lowest BCUT2D eigenvalue weighted by Crippen LogP contribution is -2.56. The van der Waals surface area contributed by atoms with Gasteiger partial charge in [0, 0.05) is 13.0 Å². The number of epoxide rings is 1. The molecule has 1 spiro atoms. The van der Waals surface area contributed by atoms with E-state index in [-0.39, 0.29) is 29.0 Å². The monoisotopic (exact) mass is 424 g/mol. The van der Waals surface area contributed by atoms with Crippen LogP contribution in [0.4, 0.5) is 4.79 Å². The van der Waals surface area contributed by atoms with Crippen molar-refractivity contribution < 1.29 is 23.8 Å². The molecule has 7 nitrogen and oxygen atoms in total. The van der Waals surface area contributed by atoms with E-state index in [0.717, 1.165) is 25.9 Å². The predicted molar refractivity (Wildman–Crippen MR) is 116 cm³/mol. The van der Waals surface area contributed by atoms with Crippen molar-refractivity contribution in [1.82, 2.24) is 5.32 Å². The second-order valence-electron chi connectivity index (χ2n) is 10.1. The maximum absolute atomic E-state index is 12.5. The van der Waals surface area contributed by atoms with Gasteiger partial charge < -0.3 is 25.3 Å². The van der Waals surface area contributed by atoms with Crippen LogP contribution in [0.25, 0.3) is 0 Å². The highest BCUT2D eigenvalue weighted by Gasteiger charge is 2.63. The molecule has 2 unspecified atom stereocenters. The number of ether oxygens (including phenoxy) is 3. The third kappa shape index (κ3) is 5.76. The second-order valence-corrected chi connectivity index (χ2v) is 10.1. The van der Waals surface area contributed by atoms with Crippen LogP contribution in [-0.4, -0.2) is 49.6 Å². The maximum atomic E-state index is 12.5. The molecule has 1 aliphatic carbocycles. The Morgan fingerprint density at radius 3 is 2.43 bits per heavy atom. The molecule has 2 rings (SSSR count). The summed E-state index contributed by atoms with van der Waals surface area (Å²) in [6, 6.07) is -0.767. The van der Waals surface area contributed by atoms with Crippen LogP contribution in [0.15, 0.2) is 11.6 Å². The van der Waals surface area contributed by atoms with Crippen molar-refractivity contribution >= 4 is 12.0 Å². The molecule has 2 fully saturated rings. The number of hydrogen-bond acceptors (Lipinski definition) is 5. The Labute approximate surface area is 181 Å². The van der Waals surface area contributed by atoms with Crippen molar-refractivity contribution in [3.05, 3.63) is 11.6 Å². The van der Waals surface area contributed by atoms with Crippen LogP contribution in [0.3, 0.4) is 0 Å². The highest BCUT2D eigenvalue weighted by Crippen LogP contribution is 2.55. The molecule has 0 radical (unpaired) electrons. The molecule has 0 aromatic carbocycles. The van der Waals surface area contributed by atoms with Gasteiger partial charge in [-0.15, -0.1) is 0 Å². The Hall–Kier alpha value is -1.60. The first-order valence-electron chi connectivity index (χ1n) is 11.0. The van der Waals surface area contributed by atoms with Crippen LogP contribution in [0.5, 0.6) is 0 Å². The summed E-state index contributed by atoms with van der Waals surface area (Å²) in [6.45, 7) is 13.1. The average Bonchev–Trinajstić information content (AvgIpc) is 3.39. The fourth-order valence-electron chi connectivity index (χ4n) is 4.96. The van der Waals surface area contributed by atoms with E-state index in [4.69, 9.17) is 19.9 Å².